The Bertz CT molecular complexity index is 778. The van der Waals surface area contributed by atoms with Crippen LogP contribution in [-0.4, -0.2) is 29.9 Å². The number of carbonyl (C=O) groups is 1. The molecule has 0 unspecified atom stereocenters. The minimum absolute atomic E-state index is 0.00348. The Morgan fingerprint density at radius 2 is 1.74 bits per heavy atom. The third kappa shape index (κ3) is 1.83. The molecule has 3 heteroatoms. The van der Waals surface area contributed by atoms with Crippen molar-refractivity contribution in [1.82, 2.24) is 9.88 Å². The fourth-order valence-electron chi connectivity index (χ4n) is 2.33. The second kappa shape index (κ2) is 4.35. The summed E-state index contributed by atoms with van der Waals surface area (Å²) in [6, 6.07) is 13.8. The van der Waals surface area contributed by atoms with Crippen molar-refractivity contribution in [2.45, 2.75) is 0 Å². The van der Waals surface area contributed by atoms with Crippen LogP contribution in [0.5, 0.6) is 0 Å². The van der Waals surface area contributed by atoms with E-state index in [1.54, 1.807) is 25.2 Å². The molecule has 1 aromatic heterocycles. The molecule has 19 heavy (non-hydrogen) atoms. The molecule has 0 bridgehead atoms. The maximum Gasteiger partial charge on any atom is 0.254 e. The Balaban J connectivity index is 2.45. The lowest BCUT2D eigenvalue weighted by Crippen LogP contribution is -2.21. The number of fused-ring (bicyclic) bond motifs is 3. The van der Waals surface area contributed by atoms with Gasteiger partial charge in [-0.05, 0) is 17.5 Å². The molecular formula is C16H14N2O. The van der Waals surface area contributed by atoms with E-state index in [0.29, 0.717) is 5.56 Å². The number of amides is 1. The number of hydrogen-bond acceptors (Lipinski definition) is 2. The van der Waals surface area contributed by atoms with Gasteiger partial charge in [0.15, 0.2) is 0 Å². The Hall–Kier alpha value is -2.42. The van der Waals surface area contributed by atoms with Gasteiger partial charge in [0.05, 0.1) is 5.52 Å². The van der Waals surface area contributed by atoms with Crippen LogP contribution in [0, 0.1) is 0 Å². The summed E-state index contributed by atoms with van der Waals surface area (Å²) in [5.41, 5.74) is 1.58. The Labute approximate surface area is 111 Å². The molecule has 0 saturated carbocycles. The first-order chi connectivity index (χ1) is 9.18. The molecule has 0 spiro atoms. The lowest BCUT2D eigenvalue weighted by Gasteiger charge is -2.13. The van der Waals surface area contributed by atoms with Gasteiger partial charge in [-0.3, -0.25) is 9.78 Å². The first kappa shape index (κ1) is 11.7. The van der Waals surface area contributed by atoms with Gasteiger partial charge in [0, 0.05) is 36.6 Å². The van der Waals surface area contributed by atoms with E-state index in [9.17, 15) is 4.79 Å². The molecular weight excluding hydrogens is 236 g/mol. The van der Waals surface area contributed by atoms with Crippen LogP contribution in [0.15, 0.2) is 48.7 Å². The number of aromatic nitrogens is 1. The number of carbonyl (C=O) groups excluding carboxylic acids is 1. The molecule has 94 valence electrons. The molecule has 1 amide bonds. The number of pyridine rings is 1. The van der Waals surface area contributed by atoms with Crippen molar-refractivity contribution in [3.63, 3.8) is 0 Å². The van der Waals surface area contributed by atoms with E-state index in [2.05, 4.69) is 4.98 Å². The average Bonchev–Trinajstić information content (AvgIpc) is 2.45. The second-order valence-electron chi connectivity index (χ2n) is 4.74. The third-order valence-electron chi connectivity index (χ3n) is 3.25. The van der Waals surface area contributed by atoms with Gasteiger partial charge < -0.3 is 4.90 Å². The van der Waals surface area contributed by atoms with Gasteiger partial charge in [-0.25, -0.2) is 0 Å². The summed E-state index contributed by atoms with van der Waals surface area (Å²) in [6.07, 6.45) is 1.76. The Morgan fingerprint density at radius 3 is 2.53 bits per heavy atom. The molecule has 3 aromatic rings. The highest BCUT2D eigenvalue weighted by molar-refractivity contribution is 6.16. The van der Waals surface area contributed by atoms with Gasteiger partial charge in [0.1, 0.15) is 0 Å². The highest BCUT2D eigenvalue weighted by atomic mass is 16.2. The zero-order valence-corrected chi connectivity index (χ0v) is 10.9. The fourth-order valence-corrected chi connectivity index (χ4v) is 2.33. The van der Waals surface area contributed by atoms with Gasteiger partial charge >= 0.3 is 0 Å². The standard InChI is InChI=1S/C16H14N2O/c1-18(2)16(19)13-7-3-5-11-8-9-12-6-4-10-17-15(12)14(11)13/h3-10H,1-2H3. The van der Waals surface area contributed by atoms with E-state index in [1.165, 1.54) is 0 Å². The topological polar surface area (TPSA) is 33.2 Å². The smallest absolute Gasteiger partial charge is 0.254 e. The van der Waals surface area contributed by atoms with Crippen LogP contribution in [0.2, 0.25) is 0 Å². The van der Waals surface area contributed by atoms with Gasteiger partial charge in [0.2, 0.25) is 0 Å². The summed E-state index contributed by atoms with van der Waals surface area (Å²) in [6.45, 7) is 0. The normalized spacial score (nSPS) is 10.8. The molecule has 0 aliphatic carbocycles. The average molecular weight is 250 g/mol. The Morgan fingerprint density at radius 1 is 1.00 bits per heavy atom. The third-order valence-corrected chi connectivity index (χ3v) is 3.25. The van der Waals surface area contributed by atoms with Crippen molar-refractivity contribution in [1.29, 1.82) is 0 Å². The van der Waals surface area contributed by atoms with Crippen molar-refractivity contribution in [2.75, 3.05) is 14.1 Å². The summed E-state index contributed by atoms with van der Waals surface area (Å²) in [5, 5.41) is 3.02. The summed E-state index contributed by atoms with van der Waals surface area (Å²) in [5.74, 6) is 0.00348. The molecule has 0 aliphatic rings. The largest absolute Gasteiger partial charge is 0.345 e. The van der Waals surface area contributed by atoms with E-state index >= 15 is 0 Å². The van der Waals surface area contributed by atoms with Gasteiger partial charge in [-0.15, -0.1) is 0 Å². The molecule has 0 N–H and O–H groups in total. The van der Waals surface area contributed by atoms with Crippen LogP contribution in [0.1, 0.15) is 10.4 Å². The highest BCUT2D eigenvalue weighted by Gasteiger charge is 2.14. The van der Waals surface area contributed by atoms with Gasteiger partial charge in [-0.2, -0.15) is 0 Å². The molecule has 0 saturated heterocycles. The lowest BCUT2D eigenvalue weighted by atomic mass is 10.0. The van der Waals surface area contributed by atoms with Crippen molar-refractivity contribution < 1.29 is 4.79 Å². The van der Waals surface area contributed by atoms with E-state index in [1.807, 2.05) is 42.5 Å². The molecule has 0 radical (unpaired) electrons. The lowest BCUT2D eigenvalue weighted by molar-refractivity contribution is 0.0829. The second-order valence-corrected chi connectivity index (χ2v) is 4.74. The monoisotopic (exact) mass is 250 g/mol. The molecule has 2 aromatic carbocycles. The van der Waals surface area contributed by atoms with Crippen LogP contribution in [-0.2, 0) is 0 Å². The van der Waals surface area contributed by atoms with Crippen LogP contribution < -0.4 is 0 Å². The van der Waals surface area contributed by atoms with Gasteiger partial charge in [0.25, 0.3) is 5.91 Å². The van der Waals surface area contributed by atoms with Crippen LogP contribution in [0.25, 0.3) is 21.7 Å². The highest BCUT2D eigenvalue weighted by Crippen LogP contribution is 2.27. The predicted molar refractivity (Wildman–Crippen MR) is 77.3 cm³/mol. The van der Waals surface area contributed by atoms with E-state index in [-0.39, 0.29) is 5.91 Å². The van der Waals surface area contributed by atoms with Crippen molar-refractivity contribution in [3.8, 4) is 0 Å². The SMILES string of the molecule is CN(C)C(=O)c1cccc2ccc3cccnc3c12. The van der Waals surface area contributed by atoms with Crippen LogP contribution in [0.4, 0.5) is 0 Å². The van der Waals surface area contributed by atoms with Crippen LogP contribution in [0.3, 0.4) is 0 Å². The van der Waals surface area contributed by atoms with Crippen molar-refractivity contribution in [2.24, 2.45) is 0 Å². The fraction of sp³-hybridized carbons (Fsp3) is 0.125. The van der Waals surface area contributed by atoms with Crippen molar-refractivity contribution in [3.05, 3.63) is 54.2 Å². The van der Waals surface area contributed by atoms with E-state index in [4.69, 9.17) is 0 Å². The summed E-state index contributed by atoms with van der Waals surface area (Å²) < 4.78 is 0. The first-order valence-corrected chi connectivity index (χ1v) is 6.16. The molecule has 0 aliphatic heterocycles. The van der Waals surface area contributed by atoms with Crippen molar-refractivity contribution >= 4 is 27.6 Å². The number of nitrogens with zero attached hydrogens (tertiary/aromatic N) is 2. The summed E-state index contributed by atoms with van der Waals surface area (Å²) >= 11 is 0. The number of hydrogen-bond donors (Lipinski definition) is 0. The zero-order chi connectivity index (χ0) is 13.4. The molecule has 3 rings (SSSR count). The summed E-state index contributed by atoms with van der Waals surface area (Å²) in [4.78, 5) is 18.3. The van der Waals surface area contributed by atoms with Crippen LogP contribution >= 0.6 is 0 Å². The minimum atomic E-state index is 0.00348. The number of rotatable bonds is 1. The predicted octanol–water partition coefficient (Wildman–Crippen LogP) is 3.09. The maximum atomic E-state index is 12.3. The summed E-state index contributed by atoms with van der Waals surface area (Å²) in [7, 11) is 3.53. The minimum Gasteiger partial charge on any atom is -0.345 e. The molecule has 1 heterocycles. The Kier molecular flexibility index (Phi) is 2.67. The quantitative estimate of drug-likeness (QED) is 0.622. The maximum absolute atomic E-state index is 12.3. The zero-order valence-electron chi connectivity index (χ0n) is 10.9. The first-order valence-electron chi connectivity index (χ1n) is 6.16. The van der Waals surface area contributed by atoms with E-state index in [0.717, 1.165) is 21.7 Å². The molecule has 3 nitrogen and oxygen atoms in total. The molecule has 0 fully saturated rings. The van der Waals surface area contributed by atoms with Gasteiger partial charge in [-0.1, -0.05) is 30.3 Å². The number of benzene rings is 2. The molecule has 0 atom stereocenters. The van der Waals surface area contributed by atoms with E-state index < -0.39 is 0 Å².